The molecule has 0 aliphatic rings. The molecule has 0 aliphatic carbocycles. The fourth-order valence-corrected chi connectivity index (χ4v) is 2.51. The Kier molecular flexibility index (Phi) is 8.83. The van der Waals surface area contributed by atoms with E-state index in [1.54, 1.807) is 0 Å². The van der Waals surface area contributed by atoms with Crippen LogP contribution in [0.5, 0.6) is 0 Å². The molecule has 2 rings (SSSR count). The molecule has 0 saturated carbocycles. The molecular weight excluding hydrogens is 338 g/mol. The number of aliphatic imine (C=N–C) groups is 1. The Morgan fingerprint density at radius 2 is 1.89 bits per heavy atom. The van der Waals surface area contributed by atoms with Gasteiger partial charge in [0.05, 0.1) is 6.54 Å². The lowest BCUT2D eigenvalue weighted by Crippen LogP contribution is -2.38. The summed E-state index contributed by atoms with van der Waals surface area (Å²) in [4.78, 5) is 20.6. The largest absolute Gasteiger partial charge is 0.357 e. The SMILES string of the molecule is CCCC(=O)Nc1ccc(CN=C(NCC)NCCc2ccccn2)cc1. The van der Waals surface area contributed by atoms with Gasteiger partial charge in [-0.3, -0.25) is 9.78 Å². The van der Waals surface area contributed by atoms with Crippen LogP contribution in [0.1, 0.15) is 37.9 Å². The maximum atomic E-state index is 11.6. The Hall–Kier alpha value is -2.89. The number of rotatable bonds is 9. The maximum Gasteiger partial charge on any atom is 0.224 e. The lowest BCUT2D eigenvalue weighted by Gasteiger charge is -2.11. The summed E-state index contributed by atoms with van der Waals surface area (Å²) in [7, 11) is 0. The molecule has 6 nitrogen and oxygen atoms in total. The molecule has 0 unspecified atom stereocenters. The van der Waals surface area contributed by atoms with Crippen LogP contribution in [0, 0.1) is 0 Å². The van der Waals surface area contributed by atoms with E-state index in [9.17, 15) is 4.79 Å². The zero-order valence-corrected chi connectivity index (χ0v) is 16.2. The first-order valence-electron chi connectivity index (χ1n) is 9.52. The molecule has 0 aliphatic heterocycles. The monoisotopic (exact) mass is 367 g/mol. The van der Waals surface area contributed by atoms with Crippen molar-refractivity contribution in [2.75, 3.05) is 18.4 Å². The Bertz CT molecular complexity index is 713. The van der Waals surface area contributed by atoms with Crippen LogP contribution < -0.4 is 16.0 Å². The molecule has 144 valence electrons. The summed E-state index contributed by atoms with van der Waals surface area (Å²) in [6.07, 6.45) is 4.04. The molecule has 0 radical (unpaired) electrons. The van der Waals surface area contributed by atoms with Gasteiger partial charge in [-0.2, -0.15) is 0 Å². The molecule has 0 fully saturated rings. The highest BCUT2D eigenvalue weighted by Crippen LogP contribution is 2.11. The van der Waals surface area contributed by atoms with Gasteiger partial charge in [0.2, 0.25) is 5.91 Å². The van der Waals surface area contributed by atoms with Gasteiger partial charge in [-0.15, -0.1) is 0 Å². The molecule has 3 N–H and O–H groups in total. The molecule has 2 aromatic rings. The third kappa shape index (κ3) is 7.90. The highest BCUT2D eigenvalue weighted by Gasteiger charge is 2.02. The third-order valence-corrected chi connectivity index (χ3v) is 3.88. The summed E-state index contributed by atoms with van der Waals surface area (Å²) in [5.74, 6) is 0.837. The van der Waals surface area contributed by atoms with Crippen LogP contribution >= 0.6 is 0 Å². The lowest BCUT2D eigenvalue weighted by atomic mass is 10.2. The van der Waals surface area contributed by atoms with Crippen molar-refractivity contribution in [1.29, 1.82) is 0 Å². The van der Waals surface area contributed by atoms with Crippen molar-refractivity contribution >= 4 is 17.6 Å². The number of nitrogens with one attached hydrogen (secondary N) is 3. The summed E-state index contributed by atoms with van der Waals surface area (Å²) >= 11 is 0. The summed E-state index contributed by atoms with van der Waals surface area (Å²) in [5.41, 5.74) is 2.97. The van der Waals surface area contributed by atoms with Crippen LogP contribution in [-0.2, 0) is 17.8 Å². The molecule has 0 atom stereocenters. The van der Waals surface area contributed by atoms with Crippen molar-refractivity contribution in [2.45, 2.75) is 39.7 Å². The molecular formula is C21H29N5O. The van der Waals surface area contributed by atoms with Crippen molar-refractivity contribution in [2.24, 2.45) is 4.99 Å². The number of nitrogens with zero attached hydrogens (tertiary/aromatic N) is 2. The first kappa shape index (κ1) is 20.4. The minimum absolute atomic E-state index is 0.0507. The highest BCUT2D eigenvalue weighted by atomic mass is 16.1. The standard InChI is InChI=1S/C21H29N5O/c1-3-7-20(27)26-19-11-9-17(10-12-19)16-25-21(22-4-2)24-15-13-18-8-5-6-14-23-18/h5-6,8-12,14H,3-4,7,13,15-16H2,1-2H3,(H,26,27)(H2,22,24,25). The molecule has 0 saturated heterocycles. The van der Waals surface area contributed by atoms with Crippen LogP contribution in [-0.4, -0.2) is 29.9 Å². The second kappa shape index (κ2) is 11.7. The zero-order valence-electron chi connectivity index (χ0n) is 16.2. The summed E-state index contributed by atoms with van der Waals surface area (Å²) in [6, 6.07) is 13.7. The van der Waals surface area contributed by atoms with Crippen LogP contribution in [0.3, 0.4) is 0 Å². The van der Waals surface area contributed by atoms with Crippen LogP contribution in [0.2, 0.25) is 0 Å². The predicted molar refractivity (Wildman–Crippen MR) is 111 cm³/mol. The lowest BCUT2D eigenvalue weighted by molar-refractivity contribution is -0.116. The van der Waals surface area contributed by atoms with Crippen molar-refractivity contribution in [1.82, 2.24) is 15.6 Å². The van der Waals surface area contributed by atoms with Gasteiger partial charge in [-0.25, -0.2) is 4.99 Å². The van der Waals surface area contributed by atoms with Gasteiger partial charge < -0.3 is 16.0 Å². The average molecular weight is 367 g/mol. The second-order valence-electron chi connectivity index (χ2n) is 6.19. The van der Waals surface area contributed by atoms with E-state index >= 15 is 0 Å². The van der Waals surface area contributed by atoms with E-state index in [1.165, 1.54) is 0 Å². The van der Waals surface area contributed by atoms with Gasteiger partial charge in [0.25, 0.3) is 0 Å². The number of pyridine rings is 1. The van der Waals surface area contributed by atoms with Crippen molar-refractivity contribution in [3.05, 3.63) is 59.9 Å². The minimum Gasteiger partial charge on any atom is -0.357 e. The topological polar surface area (TPSA) is 78.4 Å². The minimum atomic E-state index is 0.0507. The van der Waals surface area contributed by atoms with Crippen LogP contribution in [0.25, 0.3) is 0 Å². The fourth-order valence-electron chi connectivity index (χ4n) is 2.51. The number of carbonyl (C=O) groups is 1. The smallest absolute Gasteiger partial charge is 0.224 e. The van der Waals surface area contributed by atoms with E-state index in [2.05, 4.69) is 25.9 Å². The van der Waals surface area contributed by atoms with E-state index in [4.69, 9.17) is 0 Å². The second-order valence-corrected chi connectivity index (χ2v) is 6.19. The van der Waals surface area contributed by atoms with E-state index in [0.29, 0.717) is 13.0 Å². The zero-order chi connectivity index (χ0) is 19.3. The number of aromatic nitrogens is 1. The molecule has 6 heteroatoms. The fraction of sp³-hybridized carbons (Fsp3) is 0.381. The molecule has 0 bridgehead atoms. The third-order valence-electron chi connectivity index (χ3n) is 3.88. The number of hydrogen-bond donors (Lipinski definition) is 3. The molecule has 1 aromatic heterocycles. The quantitative estimate of drug-likeness (QED) is 0.470. The molecule has 1 amide bonds. The molecule has 1 aromatic carbocycles. The number of anilines is 1. The van der Waals surface area contributed by atoms with Crippen molar-refractivity contribution in [3.63, 3.8) is 0 Å². The number of benzene rings is 1. The van der Waals surface area contributed by atoms with Crippen molar-refractivity contribution in [3.8, 4) is 0 Å². The molecule has 1 heterocycles. The Labute approximate surface area is 161 Å². The average Bonchev–Trinajstić information content (AvgIpc) is 2.68. The van der Waals surface area contributed by atoms with Crippen molar-refractivity contribution < 1.29 is 4.79 Å². The molecule has 27 heavy (non-hydrogen) atoms. The summed E-state index contributed by atoms with van der Waals surface area (Å²) in [5, 5.41) is 9.48. The Morgan fingerprint density at radius 1 is 1.07 bits per heavy atom. The molecule has 0 spiro atoms. The van der Waals surface area contributed by atoms with E-state index in [1.807, 2.05) is 62.5 Å². The van der Waals surface area contributed by atoms with Gasteiger partial charge >= 0.3 is 0 Å². The van der Waals surface area contributed by atoms with Gasteiger partial charge in [-0.05, 0) is 43.2 Å². The predicted octanol–water partition coefficient (Wildman–Crippen LogP) is 3.12. The highest BCUT2D eigenvalue weighted by molar-refractivity contribution is 5.90. The first-order valence-corrected chi connectivity index (χ1v) is 9.52. The van der Waals surface area contributed by atoms with Crippen LogP contribution in [0.4, 0.5) is 5.69 Å². The van der Waals surface area contributed by atoms with Gasteiger partial charge in [0.15, 0.2) is 5.96 Å². The van der Waals surface area contributed by atoms with E-state index < -0.39 is 0 Å². The number of amides is 1. The van der Waals surface area contributed by atoms with Gasteiger partial charge in [0, 0.05) is 43.5 Å². The number of carbonyl (C=O) groups excluding carboxylic acids is 1. The van der Waals surface area contributed by atoms with Crippen LogP contribution in [0.15, 0.2) is 53.7 Å². The van der Waals surface area contributed by atoms with Gasteiger partial charge in [0.1, 0.15) is 0 Å². The Balaban J connectivity index is 1.85. The number of guanidine groups is 1. The number of hydrogen-bond acceptors (Lipinski definition) is 3. The van der Waals surface area contributed by atoms with E-state index in [-0.39, 0.29) is 5.91 Å². The summed E-state index contributed by atoms with van der Waals surface area (Å²) < 4.78 is 0. The first-order chi connectivity index (χ1) is 13.2. The normalized spacial score (nSPS) is 11.1. The van der Waals surface area contributed by atoms with Gasteiger partial charge in [-0.1, -0.05) is 25.1 Å². The van der Waals surface area contributed by atoms with E-state index in [0.717, 1.165) is 48.8 Å². The Morgan fingerprint density at radius 3 is 2.56 bits per heavy atom. The summed E-state index contributed by atoms with van der Waals surface area (Å²) in [6.45, 7) is 6.18. The maximum absolute atomic E-state index is 11.6.